The normalized spacial score (nSPS) is 15.7. The maximum absolute atomic E-state index is 12.2. The summed E-state index contributed by atoms with van der Waals surface area (Å²) in [5.41, 5.74) is 1.96. The predicted octanol–water partition coefficient (Wildman–Crippen LogP) is 4.45. The second kappa shape index (κ2) is 6.62. The van der Waals surface area contributed by atoms with E-state index in [-0.39, 0.29) is 5.63 Å². The predicted molar refractivity (Wildman–Crippen MR) is 97.0 cm³/mol. The minimum atomic E-state index is -0.274. The highest BCUT2D eigenvalue weighted by Crippen LogP contribution is 2.24. The molecule has 0 unspecified atom stereocenters. The van der Waals surface area contributed by atoms with Crippen LogP contribution in [0.2, 0.25) is 0 Å². The highest BCUT2D eigenvalue weighted by molar-refractivity contribution is 5.84. The van der Waals surface area contributed by atoms with Crippen LogP contribution in [0.4, 0.5) is 0 Å². The van der Waals surface area contributed by atoms with E-state index in [1.165, 1.54) is 37.9 Å². The van der Waals surface area contributed by atoms with E-state index in [9.17, 15) is 4.79 Å². The van der Waals surface area contributed by atoms with Crippen molar-refractivity contribution in [2.45, 2.75) is 25.8 Å². The van der Waals surface area contributed by atoms with Crippen molar-refractivity contribution in [2.24, 2.45) is 0 Å². The third kappa shape index (κ3) is 3.13. The van der Waals surface area contributed by atoms with E-state index in [0.717, 1.165) is 17.5 Å². The van der Waals surface area contributed by atoms with Gasteiger partial charge in [-0.1, -0.05) is 42.8 Å². The average molecular weight is 319 g/mol. The third-order valence-electron chi connectivity index (χ3n) is 4.74. The van der Waals surface area contributed by atoms with Gasteiger partial charge in [0.2, 0.25) is 0 Å². The molecule has 1 aliphatic rings. The van der Waals surface area contributed by atoms with Crippen LogP contribution in [0.3, 0.4) is 0 Å². The fraction of sp³-hybridized carbons (Fsp3) is 0.286. The Morgan fingerprint density at radius 2 is 1.75 bits per heavy atom. The molecule has 0 amide bonds. The van der Waals surface area contributed by atoms with Crippen LogP contribution in [-0.2, 0) is 6.54 Å². The molecule has 122 valence electrons. The molecule has 0 atom stereocenters. The highest BCUT2D eigenvalue weighted by Gasteiger charge is 2.12. The molecule has 0 aliphatic carbocycles. The van der Waals surface area contributed by atoms with Crippen molar-refractivity contribution in [2.75, 3.05) is 13.1 Å². The maximum atomic E-state index is 12.2. The summed E-state index contributed by atoms with van der Waals surface area (Å²) in [5.74, 6) is 0.638. The summed E-state index contributed by atoms with van der Waals surface area (Å²) in [7, 11) is 0. The Labute approximate surface area is 141 Å². The molecule has 0 spiro atoms. The van der Waals surface area contributed by atoms with Crippen molar-refractivity contribution in [3.63, 3.8) is 0 Å². The quantitative estimate of drug-likeness (QED) is 0.715. The number of nitrogens with zero attached hydrogens (tertiary/aromatic N) is 1. The van der Waals surface area contributed by atoms with Gasteiger partial charge in [0.25, 0.3) is 0 Å². The van der Waals surface area contributed by atoms with Crippen LogP contribution in [0, 0.1) is 0 Å². The van der Waals surface area contributed by atoms with Crippen LogP contribution >= 0.6 is 0 Å². The molecular formula is C21H21NO2. The Bertz CT molecular complexity index is 907. The number of hydrogen-bond donors (Lipinski definition) is 0. The SMILES string of the molecule is O=c1oc(-c2cccc(CN3CCCCC3)c2)cc2ccccc12. The standard InChI is InChI=1S/C21H21NO2/c23-21-19-10-3-2-8-17(19)14-20(24-21)18-9-6-7-16(13-18)15-22-11-4-1-5-12-22/h2-3,6-10,13-14H,1,4-5,11-12,15H2. The zero-order valence-corrected chi connectivity index (χ0v) is 13.7. The van der Waals surface area contributed by atoms with Gasteiger partial charge in [-0.05, 0) is 55.1 Å². The summed E-state index contributed by atoms with van der Waals surface area (Å²) in [5, 5.41) is 1.55. The third-order valence-corrected chi connectivity index (χ3v) is 4.74. The summed E-state index contributed by atoms with van der Waals surface area (Å²) in [6.45, 7) is 3.32. The molecule has 24 heavy (non-hydrogen) atoms. The number of likely N-dealkylation sites (tertiary alicyclic amines) is 1. The first-order chi connectivity index (χ1) is 11.8. The molecule has 4 rings (SSSR count). The van der Waals surface area contributed by atoms with E-state index in [1.54, 1.807) is 6.07 Å². The summed E-state index contributed by atoms with van der Waals surface area (Å²) in [6.07, 6.45) is 3.93. The largest absolute Gasteiger partial charge is 0.422 e. The van der Waals surface area contributed by atoms with Crippen molar-refractivity contribution < 1.29 is 4.42 Å². The molecule has 3 nitrogen and oxygen atoms in total. The molecule has 2 aromatic carbocycles. The first kappa shape index (κ1) is 15.2. The Hall–Kier alpha value is -2.39. The summed E-state index contributed by atoms with van der Waals surface area (Å²) in [4.78, 5) is 14.7. The minimum Gasteiger partial charge on any atom is -0.422 e. The lowest BCUT2D eigenvalue weighted by Gasteiger charge is -2.26. The van der Waals surface area contributed by atoms with E-state index in [4.69, 9.17) is 4.42 Å². The van der Waals surface area contributed by atoms with E-state index >= 15 is 0 Å². The summed E-state index contributed by atoms with van der Waals surface area (Å²) >= 11 is 0. The second-order valence-corrected chi connectivity index (χ2v) is 6.52. The molecule has 0 radical (unpaired) electrons. The number of hydrogen-bond acceptors (Lipinski definition) is 3. The fourth-order valence-corrected chi connectivity index (χ4v) is 3.48. The molecule has 0 N–H and O–H groups in total. The van der Waals surface area contributed by atoms with Crippen molar-refractivity contribution in [1.82, 2.24) is 4.90 Å². The molecule has 0 saturated carbocycles. The van der Waals surface area contributed by atoms with E-state index in [1.807, 2.05) is 36.4 Å². The van der Waals surface area contributed by atoms with Gasteiger partial charge < -0.3 is 4.42 Å². The van der Waals surface area contributed by atoms with Crippen LogP contribution < -0.4 is 5.63 Å². The molecule has 1 aromatic heterocycles. The number of rotatable bonds is 3. The van der Waals surface area contributed by atoms with E-state index in [0.29, 0.717) is 11.1 Å². The van der Waals surface area contributed by atoms with Gasteiger partial charge in [-0.3, -0.25) is 4.90 Å². The number of benzene rings is 2. The van der Waals surface area contributed by atoms with Gasteiger partial charge in [-0.15, -0.1) is 0 Å². The number of fused-ring (bicyclic) bond motifs is 1. The van der Waals surface area contributed by atoms with Gasteiger partial charge in [0.15, 0.2) is 0 Å². The van der Waals surface area contributed by atoms with Gasteiger partial charge in [-0.2, -0.15) is 0 Å². The topological polar surface area (TPSA) is 33.5 Å². The van der Waals surface area contributed by atoms with Crippen LogP contribution in [0.5, 0.6) is 0 Å². The molecule has 2 heterocycles. The first-order valence-electron chi connectivity index (χ1n) is 8.64. The van der Waals surface area contributed by atoms with Crippen molar-refractivity contribution in [3.8, 4) is 11.3 Å². The zero-order valence-electron chi connectivity index (χ0n) is 13.7. The Morgan fingerprint density at radius 3 is 2.62 bits per heavy atom. The van der Waals surface area contributed by atoms with E-state index < -0.39 is 0 Å². The molecule has 3 aromatic rings. The Kier molecular flexibility index (Phi) is 4.18. The molecule has 0 bridgehead atoms. The monoisotopic (exact) mass is 319 g/mol. The van der Waals surface area contributed by atoms with Crippen LogP contribution in [0.15, 0.2) is 63.8 Å². The first-order valence-corrected chi connectivity index (χ1v) is 8.64. The van der Waals surface area contributed by atoms with Gasteiger partial charge in [-0.25, -0.2) is 4.79 Å². The Morgan fingerprint density at radius 1 is 0.917 bits per heavy atom. The molecule has 1 fully saturated rings. The summed E-state index contributed by atoms with van der Waals surface area (Å²) < 4.78 is 5.55. The Balaban J connectivity index is 1.66. The van der Waals surface area contributed by atoms with E-state index in [2.05, 4.69) is 17.0 Å². The van der Waals surface area contributed by atoms with Crippen LogP contribution in [0.1, 0.15) is 24.8 Å². The zero-order chi connectivity index (χ0) is 16.4. The van der Waals surface area contributed by atoms with Crippen molar-refractivity contribution in [1.29, 1.82) is 0 Å². The van der Waals surface area contributed by atoms with Crippen molar-refractivity contribution in [3.05, 3.63) is 70.6 Å². The average Bonchev–Trinajstić information content (AvgIpc) is 2.63. The molecule has 3 heteroatoms. The van der Waals surface area contributed by atoms with Gasteiger partial charge in [0.1, 0.15) is 5.76 Å². The molecular weight excluding hydrogens is 298 g/mol. The summed E-state index contributed by atoms with van der Waals surface area (Å²) in [6, 6.07) is 17.9. The van der Waals surface area contributed by atoms with Crippen LogP contribution in [-0.4, -0.2) is 18.0 Å². The fourth-order valence-electron chi connectivity index (χ4n) is 3.48. The van der Waals surface area contributed by atoms with Crippen LogP contribution in [0.25, 0.3) is 22.1 Å². The van der Waals surface area contributed by atoms with Gasteiger partial charge >= 0.3 is 5.63 Å². The van der Waals surface area contributed by atoms with Gasteiger partial charge in [0, 0.05) is 12.1 Å². The highest BCUT2D eigenvalue weighted by atomic mass is 16.4. The molecule has 1 saturated heterocycles. The lowest BCUT2D eigenvalue weighted by molar-refractivity contribution is 0.221. The lowest BCUT2D eigenvalue weighted by Crippen LogP contribution is -2.29. The molecule has 1 aliphatic heterocycles. The van der Waals surface area contributed by atoms with Crippen molar-refractivity contribution >= 4 is 10.8 Å². The van der Waals surface area contributed by atoms with Gasteiger partial charge in [0.05, 0.1) is 5.39 Å². The number of piperidine rings is 1. The smallest absolute Gasteiger partial charge is 0.344 e. The maximum Gasteiger partial charge on any atom is 0.344 e. The minimum absolute atomic E-state index is 0.274. The second-order valence-electron chi connectivity index (χ2n) is 6.52. The lowest BCUT2D eigenvalue weighted by atomic mass is 10.0.